The molecule has 0 saturated heterocycles. The van der Waals surface area contributed by atoms with Crippen molar-refractivity contribution in [1.82, 2.24) is 4.98 Å². The summed E-state index contributed by atoms with van der Waals surface area (Å²) in [7, 11) is 0. The van der Waals surface area contributed by atoms with Crippen LogP contribution in [0, 0.1) is 4.91 Å². The van der Waals surface area contributed by atoms with Crippen LogP contribution in [0.15, 0.2) is 34.6 Å². The van der Waals surface area contributed by atoms with E-state index in [4.69, 9.17) is 0 Å². The van der Waals surface area contributed by atoms with Crippen LogP contribution in [0.1, 0.15) is 0 Å². The highest BCUT2D eigenvalue weighted by Gasteiger charge is 1.91. The number of pyridine rings is 1. The van der Waals surface area contributed by atoms with Gasteiger partial charge in [0, 0.05) is 11.9 Å². The topological polar surface area (TPSA) is 42.3 Å². The van der Waals surface area contributed by atoms with Crippen molar-refractivity contribution in [3.63, 3.8) is 0 Å². The Morgan fingerprint density at radius 1 is 1.55 bits per heavy atom. The average Bonchev–Trinajstić information content (AvgIpc) is 2.07. The molecule has 58 valence electrons. The van der Waals surface area contributed by atoms with Gasteiger partial charge in [0.2, 0.25) is 0 Å². The molecule has 11 heavy (non-hydrogen) atoms. The van der Waals surface area contributed by atoms with Gasteiger partial charge in [-0.25, -0.2) is 4.98 Å². The number of rotatable bonds is 4. The van der Waals surface area contributed by atoms with E-state index in [0.717, 1.165) is 5.03 Å². The summed E-state index contributed by atoms with van der Waals surface area (Å²) in [6.07, 6.45) is 1.73. The first-order valence-electron chi connectivity index (χ1n) is 3.26. The highest BCUT2D eigenvalue weighted by molar-refractivity contribution is 7.99. The van der Waals surface area contributed by atoms with Crippen LogP contribution in [0.4, 0.5) is 0 Å². The van der Waals surface area contributed by atoms with Gasteiger partial charge in [0.25, 0.3) is 0 Å². The van der Waals surface area contributed by atoms with Gasteiger partial charge >= 0.3 is 0 Å². The van der Waals surface area contributed by atoms with Crippen LogP contribution >= 0.6 is 11.8 Å². The van der Waals surface area contributed by atoms with E-state index in [1.165, 1.54) is 0 Å². The fraction of sp³-hybridized carbons (Fsp3) is 0.286. The second-order valence-corrected chi connectivity index (χ2v) is 2.98. The normalized spacial score (nSPS) is 9.45. The van der Waals surface area contributed by atoms with E-state index in [2.05, 4.69) is 10.2 Å². The van der Waals surface area contributed by atoms with Crippen molar-refractivity contribution in [2.75, 3.05) is 12.3 Å². The first-order chi connectivity index (χ1) is 5.43. The average molecular weight is 168 g/mol. The fourth-order valence-corrected chi connectivity index (χ4v) is 1.31. The van der Waals surface area contributed by atoms with Crippen LogP contribution in [-0.2, 0) is 0 Å². The Bertz CT molecular complexity index is 215. The maximum absolute atomic E-state index is 9.71. The van der Waals surface area contributed by atoms with Gasteiger partial charge in [-0.3, -0.25) is 0 Å². The molecule has 4 heteroatoms. The number of hydrogen-bond acceptors (Lipinski definition) is 4. The fourth-order valence-electron chi connectivity index (χ4n) is 0.620. The van der Waals surface area contributed by atoms with Gasteiger partial charge in [0.1, 0.15) is 0 Å². The number of aromatic nitrogens is 1. The summed E-state index contributed by atoms with van der Waals surface area (Å²) in [6, 6.07) is 5.70. The zero-order chi connectivity index (χ0) is 7.94. The van der Waals surface area contributed by atoms with Crippen molar-refractivity contribution in [2.24, 2.45) is 5.18 Å². The highest BCUT2D eigenvalue weighted by Crippen LogP contribution is 2.12. The number of nitroso groups, excluding NO2 is 1. The van der Waals surface area contributed by atoms with Crippen molar-refractivity contribution in [1.29, 1.82) is 0 Å². The quantitative estimate of drug-likeness (QED) is 0.392. The molecule has 3 nitrogen and oxygen atoms in total. The monoisotopic (exact) mass is 168 g/mol. The molecule has 0 bridgehead atoms. The van der Waals surface area contributed by atoms with Crippen molar-refractivity contribution >= 4 is 11.8 Å². The molecule has 0 aromatic carbocycles. The first-order valence-corrected chi connectivity index (χ1v) is 4.25. The van der Waals surface area contributed by atoms with Gasteiger partial charge in [-0.1, -0.05) is 11.2 Å². The van der Waals surface area contributed by atoms with E-state index in [0.29, 0.717) is 12.3 Å². The van der Waals surface area contributed by atoms with Gasteiger partial charge in [0.15, 0.2) is 0 Å². The lowest BCUT2D eigenvalue weighted by Crippen LogP contribution is -1.84. The molecule has 0 spiro atoms. The SMILES string of the molecule is O=NCCSc1ccccn1. The van der Waals surface area contributed by atoms with E-state index < -0.39 is 0 Å². The molecule has 0 aliphatic rings. The van der Waals surface area contributed by atoms with Crippen LogP contribution in [0.5, 0.6) is 0 Å². The molecule has 1 aromatic heterocycles. The highest BCUT2D eigenvalue weighted by atomic mass is 32.2. The Labute approximate surface area is 69.2 Å². The molecule has 1 aromatic rings. The van der Waals surface area contributed by atoms with Crippen LogP contribution in [-0.4, -0.2) is 17.3 Å². The maximum atomic E-state index is 9.71. The molecule has 0 aliphatic heterocycles. The molecular weight excluding hydrogens is 160 g/mol. The van der Waals surface area contributed by atoms with Gasteiger partial charge in [-0.2, -0.15) is 4.91 Å². The third kappa shape index (κ3) is 3.13. The molecule has 0 N–H and O–H groups in total. The standard InChI is InChI=1S/C7H8N2OS/c10-9-5-6-11-7-3-1-2-4-8-7/h1-4H,5-6H2. The van der Waals surface area contributed by atoms with E-state index in [-0.39, 0.29) is 0 Å². The first kappa shape index (κ1) is 8.20. The smallest absolute Gasteiger partial charge is 0.0960 e. The zero-order valence-corrected chi connectivity index (χ0v) is 6.75. The summed E-state index contributed by atoms with van der Waals surface area (Å²) < 4.78 is 0. The summed E-state index contributed by atoms with van der Waals surface area (Å²) >= 11 is 1.54. The molecule has 0 amide bonds. The molecule has 1 heterocycles. The van der Waals surface area contributed by atoms with E-state index in [1.54, 1.807) is 18.0 Å². The van der Waals surface area contributed by atoms with Crippen molar-refractivity contribution in [2.45, 2.75) is 5.03 Å². The molecular formula is C7H8N2OS. The Morgan fingerprint density at radius 3 is 3.09 bits per heavy atom. The van der Waals surface area contributed by atoms with Crippen LogP contribution < -0.4 is 0 Å². The molecule has 0 aliphatic carbocycles. The Hall–Kier alpha value is -0.900. The molecule has 0 saturated carbocycles. The lowest BCUT2D eigenvalue weighted by Gasteiger charge is -1.94. The van der Waals surface area contributed by atoms with Gasteiger partial charge in [-0.15, -0.1) is 11.8 Å². The second-order valence-electron chi connectivity index (χ2n) is 1.87. The predicted molar refractivity (Wildman–Crippen MR) is 45.6 cm³/mol. The van der Waals surface area contributed by atoms with Crippen molar-refractivity contribution in [3.05, 3.63) is 29.3 Å². The largest absolute Gasteiger partial charge is 0.250 e. The van der Waals surface area contributed by atoms with Gasteiger partial charge in [0.05, 0.1) is 11.6 Å². The van der Waals surface area contributed by atoms with Crippen LogP contribution in [0.3, 0.4) is 0 Å². The Kier molecular flexibility index (Phi) is 3.61. The third-order valence-electron chi connectivity index (χ3n) is 1.07. The Balaban J connectivity index is 2.33. The summed E-state index contributed by atoms with van der Waals surface area (Å²) in [6.45, 7) is 0.348. The molecule has 0 unspecified atom stereocenters. The molecule has 0 atom stereocenters. The molecule has 0 radical (unpaired) electrons. The van der Waals surface area contributed by atoms with E-state index >= 15 is 0 Å². The number of nitrogens with zero attached hydrogens (tertiary/aromatic N) is 2. The van der Waals surface area contributed by atoms with E-state index in [9.17, 15) is 4.91 Å². The second kappa shape index (κ2) is 4.85. The molecule has 1 rings (SSSR count). The van der Waals surface area contributed by atoms with Crippen molar-refractivity contribution < 1.29 is 0 Å². The lowest BCUT2D eigenvalue weighted by molar-refractivity contribution is 1.10. The minimum Gasteiger partial charge on any atom is -0.250 e. The lowest BCUT2D eigenvalue weighted by atomic mass is 10.5. The van der Waals surface area contributed by atoms with Crippen LogP contribution in [0.2, 0.25) is 0 Å². The predicted octanol–water partition coefficient (Wildman–Crippen LogP) is 1.94. The summed E-state index contributed by atoms with van der Waals surface area (Å²) in [5.41, 5.74) is 0. The van der Waals surface area contributed by atoms with Gasteiger partial charge in [-0.05, 0) is 12.1 Å². The summed E-state index contributed by atoms with van der Waals surface area (Å²) in [5, 5.41) is 3.69. The minimum atomic E-state index is 0.348. The summed E-state index contributed by atoms with van der Waals surface area (Å²) in [5.74, 6) is 0.709. The van der Waals surface area contributed by atoms with Crippen molar-refractivity contribution in [3.8, 4) is 0 Å². The summed E-state index contributed by atoms with van der Waals surface area (Å²) in [4.78, 5) is 13.8. The number of hydrogen-bond donors (Lipinski definition) is 0. The Morgan fingerprint density at radius 2 is 2.45 bits per heavy atom. The van der Waals surface area contributed by atoms with E-state index in [1.807, 2.05) is 18.2 Å². The molecule has 0 fully saturated rings. The maximum Gasteiger partial charge on any atom is 0.0960 e. The number of thioether (sulfide) groups is 1. The third-order valence-corrected chi connectivity index (χ3v) is 1.99. The zero-order valence-electron chi connectivity index (χ0n) is 5.93. The van der Waals surface area contributed by atoms with Gasteiger partial charge < -0.3 is 0 Å². The van der Waals surface area contributed by atoms with Crippen LogP contribution in [0.25, 0.3) is 0 Å². The minimum absolute atomic E-state index is 0.348.